The van der Waals surface area contributed by atoms with Gasteiger partial charge >= 0.3 is 12.1 Å². The van der Waals surface area contributed by atoms with Crippen molar-refractivity contribution in [1.29, 1.82) is 0 Å². The zero-order valence-electron chi connectivity index (χ0n) is 39.2. The number of likely N-dealkylation sites (N-methyl/N-ethyl adjacent to an activating group) is 1. The number of nitrogens with zero attached hydrogens (tertiary/aromatic N) is 1. The number of amides is 1. The Hall–Kier alpha value is -2.93. The van der Waals surface area contributed by atoms with Gasteiger partial charge in [-0.05, 0) is 98.0 Å². The van der Waals surface area contributed by atoms with E-state index >= 15 is 0 Å². The van der Waals surface area contributed by atoms with Crippen LogP contribution in [0.15, 0.2) is 24.3 Å². The fourth-order valence-corrected chi connectivity index (χ4v) is 9.97. The minimum absolute atomic E-state index is 0.0329. The number of aliphatic hydroxyl groups is 3. The lowest BCUT2D eigenvalue weighted by atomic mass is 9.74. The summed E-state index contributed by atoms with van der Waals surface area (Å²) in [4.78, 5) is 43.4. The summed E-state index contributed by atoms with van der Waals surface area (Å²) in [7, 11) is 6.69. The number of Topliss-reactive ketones (excluding diaryl/α,β-unsaturated/α-hetero) is 1. The number of hydrogen-bond donors (Lipinski definition) is 5. The van der Waals surface area contributed by atoms with Gasteiger partial charge in [-0.2, -0.15) is 0 Å². The van der Waals surface area contributed by atoms with Crippen LogP contribution in [0.4, 0.5) is 4.79 Å². The number of phenolic OH excluding ortho intramolecular Hbond substituents is 1. The third kappa shape index (κ3) is 12.2. The van der Waals surface area contributed by atoms with Gasteiger partial charge in [0.05, 0.1) is 42.0 Å². The second kappa shape index (κ2) is 21.4. The predicted molar refractivity (Wildman–Crippen MR) is 229 cm³/mol. The van der Waals surface area contributed by atoms with Gasteiger partial charge in [-0.25, -0.2) is 4.79 Å². The van der Waals surface area contributed by atoms with Crippen molar-refractivity contribution in [2.24, 2.45) is 23.7 Å². The largest absolute Gasteiger partial charge is 0.508 e. The number of benzene rings is 1. The third-order valence-corrected chi connectivity index (χ3v) is 13.7. The molecule has 16 heteroatoms. The summed E-state index contributed by atoms with van der Waals surface area (Å²) in [6, 6.07) is 6.10. The van der Waals surface area contributed by atoms with Crippen LogP contribution in [0.2, 0.25) is 0 Å². The third-order valence-electron chi connectivity index (χ3n) is 13.7. The second-order valence-electron chi connectivity index (χ2n) is 19.2. The van der Waals surface area contributed by atoms with Gasteiger partial charge < -0.3 is 63.8 Å². The molecule has 1 saturated carbocycles. The predicted octanol–water partition coefficient (Wildman–Crippen LogP) is 4.50. The van der Waals surface area contributed by atoms with Crippen LogP contribution in [0, 0.1) is 23.7 Å². The molecular formula is C46H76N2O14. The number of carbonyl (C=O) groups excluding carboxylic acids is 3. The summed E-state index contributed by atoms with van der Waals surface area (Å²) in [6.45, 7) is 15.9. The van der Waals surface area contributed by atoms with Crippen molar-refractivity contribution in [2.75, 3.05) is 28.3 Å². The zero-order chi connectivity index (χ0) is 46.5. The van der Waals surface area contributed by atoms with Gasteiger partial charge in [-0.15, -0.1) is 0 Å². The average Bonchev–Trinajstić information content (AvgIpc) is 3.20. The molecule has 62 heavy (non-hydrogen) atoms. The van der Waals surface area contributed by atoms with Crippen LogP contribution in [0.3, 0.4) is 0 Å². The van der Waals surface area contributed by atoms with Gasteiger partial charge in [-0.1, -0.05) is 39.8 Å². The highest BCUT2D eigenvalue weighted by molar-refractivity contribution is 5.81. The number of aliphatic hydroxyl groups excluding tert-OH is 1. The first-order valence-corrected chi connectivity index (χ1v) is 22.2. The van der Waals surface area contributed by atoms with Crippen LogP contribution in [-0.2, 0) is 49.3 Å². The van der Waals surface area contributed by atoms with Crippen molar-refractivity contribution in [3.8, 4) is 5.75 Å². The zero-order valence-corrected chi connectivity index (χ0v) is 39.2. The van der Waals surface area contributed by atoms with E-state index in [1.54, 1.807) is 39.8 Å². The lowest BCUT2D eigenvalue weighted by molar-refractivity contribution is -0.304. The Bertz CT molecular complexity index is 1620. The van der Waals surface area contributed by atoms with E-state index in [0.29, 0.717) is 12.8 Å². The van der Waals surface area contributed by atoms with E-state index in [2.05, 4.69) is 5.32 Å². The number of esters is 1. The van der Waals surface area contributed by atoms with Crippen molar-refractivity contribution in [2.45, 2.75) is 185 Å². The smallest absolute Gasteiger partial charge is 0.407 e. The van der Waals surface area contributed by atoms with E-state index in [4.69, 9.17) is 33.2 Å². The summed E-state index contributed by atoms with van der Waals surface area (Å²) in [5.41, 5.74) is -3.79. The van der Waals surface area contributed by atoms with Crippen molar-refractivity contribution in [3.63, 3.8) is 0 Å². The molecule has 2 heterocycles. The first-order chi connectivity index (χ1) is 28.9. The van der Waals surface area contributed by atoms with Gasteiger partial charge in [0.15, 0.2) is 6.29 Å². The quantitative estimate of drug-likeness (QED) is 0.194. The Morgan fingerprint density at radius 2 is 1.60 bits per heavy atom. The number of ether oxygens (including phenoxy) is 7. The van der Waals surface area contributed by atoms with Crippen LogP contribution in [0.25, 0.3) is 0 Å². The molecule has 2 aliphatic heterocycles. The lowest BCUT2D eigenvalue weighted by Gasteiger charge is -2.49. The average molecular weight is 881 g/mol. The molecule has 0 spiro atoms. The highest BCUT2D eigenvalue weighted by Crippen LogP contribution is 2.42. The number of cyclic esters (lactones) is 1. The van der Waals surface area contributed by atoms with Crippen molar-refractivity contribution < 1.29 is 68.0 Å². The highest BCUT2D eigenvalue weighted by Gasteiger charge is 2.53. The molecule has 0 bridgehead atoms. The molecule has 354 valence electrons. The number of carbonyl (C=O) groups is 3. The molecule has 0 radical (unpaired) electrons. The van der Waals surface area contributed by atoms with Crippen molar-refractivity contribution in [1.82, 2.24) is 10.2 Å². The summed E-state index contributed by atoms with van der Waals surface area (Å²) >= 11 is 0. The number of rotatable bonds is 11. The SMILES string of the molecule is CC[C@H]1OC(=O)[C@H](C)[C@@H](O[C@@H]2C[C@@H](C)[C@H](OC(=O)NCc3ccc(O)cc3)[C@](C)(O)C2)[C@H](C)[C@@H](O[C@@H]2O[C@H](C)C[C@H](N(C)C)[C@H]2O)[C@@](C)(OC)C[C@@H](C)C(=O)C[C@@H](OC)[C@]1(C)O. The number of alkyl carbamates (subject to hydrolysis) is 1. The number of phenols is 1. The Balaban J connectivity index is 1.74. The Morgan fingerprint density at radius 1 is 0.952 bits per heavy atom. The first-order valence-electron chi connectivity index (χ1n) is 22.2. The molecule has 0 unspecified atom stereocenters. The molecule has 0 aromatic heterocycles. The number of hydrogen-bond acceptors (Lipinski definition) is 15. The van der Waals surface area contributed by atoms with Crippen molar-refractivity contribution in [3.05, 3.63) is 29.8 Å². The molecule has 4 rings (SSSR count). The summed E-state index contributed by atoms with van der Waals surface area (Å²) in [5, 5.41) is 47.8. The number of methoxy groups -OCH3 is 2. The molecule has 3 aliphatic rings. The molecule has 2 saturated heterocycles. The maximum absolute atomic E-state index is 14.4. The number of nitrogens with one attached hydrogen (secondary N) is 1. The highest BCUT2D eigenvalue weighted by atomic mass is 16.7. The molecule has 5 N–H and O–H groups in total. The number of aromatic hydroxyl groups is 1. The van der Waals surface area contributed by atoms with Crippen LogP contribution >= 0.6 is 0 Å². The van der Waals surface area contributed by atoms with Crippen LogP contribution in [0.5, 0.6) is 5.75 Å². The Morgan fingerprint density at radius 3 is 2.16 bits per heavy atom. The Labute approximate surface area is 368 Å². The van der Waals surface area contributed by atoms with Crippen LogP contribution in [-0.4, -0.2) is 149 Å². The molecule has 17 atom stereocenters. The minimum Gasteiger partial charge on any atom is -0.508 e. The topological polar surface area (TPSA) is 212 Å². The van der Waals surface area contributed by atoms with E-state index in [1.165, 1.54) is 33.3 Å². The molecule has 1 amide bonds. The summed E-state index contributed by atoms with van der Waals surface area (Å²) in [6.07, 6.45) is -7.61. The maximum atomic E-state index is 14.4. The van der Waals surface area contributed by atoms with Crippen LogP contribution in [0.1, 0.15) is 106 Å². The summed E-state index contributed by atoms with van der Waals surface area (Å²) in [5.74, 6) is -3.50. The van der Waals surface area contributed by atoms with Crippen LogP contribution < -0.4 is 5.32 Å². The minimum atomic E-state index is -1.74. The van der Waals surface area contributed by atoms with E-state index in [-0.39, 0.29) is 55.9 Å². The number of ketones is 1. The van der Waals surface area contributed by atoms with Gasteiger partial charge in [0, 0.05) is 51.5 Å². The Kier molecular flexibility index (Phi) is 17.8. The lowest BCUT2D eigenvalue weighted by Crippen LogP contribution is -2.60. The molecule has 16 nitrogen and oxygen atoms in total. The maximum Gasteiger partial charge on any atom is 0.407 e. The fourth-order valence-electron chi connectivity index (χ4n) is 9.97. The van der Waals surface area contributed by atoms with Gasteiger partial charge in [0.25, 0.3) is 0 Å². The van der Waals surface area contributed by atoms with E-state index in [9.17, 15) is 34.8 Å². The normalized spacial score (nSPS) is 41.6. The van der Waals surface area contributed by atoms with Gasteiger partial charge in [0.1, 0.15) is 41.0 Å². The van der Waals surface area contributed by atoms with E-state index in [1.807, 2.05) is 46.7 Å². The molecule has 3 fully saturated rings. The first kappa shape index (κ1) is 51.7. The standard InChI is InChI=1S/C46H76N2O14/c1-14-35-46(9,55)36(56-12)21-34(50)26(3)22-45(8,57-13)40(61-42-37(51)33(48(10)11)20-27(4)58-42)28(5)38(29(6)41(52)60-35)59-32-19-25(2)39(44(7,54)23-32)62-43(53)47-24-30-15-17-31(49)18-16-30/h15-18,25-29,32-33,35-40,42,49,51,54-55H,14,19-24H2,1-13H3,(H,47,53)/t25-,26-,27-,28+,29-,32-,33+,35-,36-,37-,38+,39+,40-,42+,44-,45+,46-/m1/s1. The molecule has 1 aromatic rings. The van der Waals surface area contributed by atoms with Crippen molar-refractivity contribution >= 4 is 17.8 Å². The molecule has 1 aromatic carbocycles. The molecular weight excluding hydrogens is 805 g/mol. The summed E-state index contributed by atoms with van der Waals surface area (Å²) < 4.78 is 44.2. The van der Waals surface area contributed by atoms with Gasteiger partial charge in [0.2, 0.25) is 0 Å². The molecule has 1 aliphatic carbocycles. The van der Waals surface area contributed by atoms with E-state index in [0.717, 1.165) is 5.56 Å². The second-order valence-corrected chi connectivity index (χ2v) is 19.2. The fraction of sp³-hybridized carbons (Fsp3) is 0.804. The monoisotopic (exact) mass is 881 g/mol. The van der Waals surface area contributed by atoms with E-state index < -0.39 is 102 Å². The van der Waals surface area contributed by atoms with Gasteiger partial charge in [-0.3, -0.25) is 9.59 Å².